The number of amides is 2. The van der Waals surface area contributed by atoms with Crippen LogP contribution in [0.3, 0.4) is 0 Å². The number of nitrogens with two attached hydrogens (primary N) is 1. The number of hydrogen-bond donors (Lipinski definition) is 4. The van der Waals surface area contributed by atoms with Gasteiger partial charge in [0.2, 0.25) is 0 Å². The van der Waals surface area contributed by atoms with Gasteiger partial charge in [-0.05, 0) is 55.3 Å². The van der Waals surface area contributed by atoms with E-state index in [0.29, 0.717) is 23.4 Å². The van der Waals surface area contributed by atoms with E-state index in [1.807, 2.05) is 6.07 Å². The van der Waals surface area contributed by atoms with Crippen LogP contribution in [-0.4, -0.2) is 23.0 Å². The smallest absolute Gasteiger partial charge is 0.265 e. The van der Waals surface area contributed by atoms with Crippen LogP contribution < -0.4 is 21.1 Å². The van der Waals surface area contributed by atoms with E-state index in [1.54, 1.807) is 48.5 Å². The molecule has 0 aliphatic heterocycles. The van der Waals surface area contributed by atoms with Crippen molar-refractivity contribution in [3.63, 3.8) is 0 Å². The molecule has 3 rings (SSSR count). The zero-order valence-corrected chi connectivity index (χ0v) is 24.6. The van der Waals surface area contributed by atoms with Crippen LogP contribution in [0.15, 0.2) is 66.7 Å². The van der Waals surface area contributed by atoms with E-state index in [0.717, 1.165) is 19.3 Å². The molecule has 0 saturated heterocycles. The fraction of sp³-hybridized carbons (Fsp3) is 0.394. The molecule has 220 valence electrons. The summed E-state index contributed by atoms with van der Waals surface area (Å²) in [6.45, 7) is 2.23. The Hall–Kier alpha value is -3.71. The van der Waals surface area contributed by atoms with Gasteiger partial charge in [-0.1, -0.05) is 94.5 Å². The topological polar surface area (TPSA) is 114 Å². The first kappa shape index (κ1) is 31.8. The lowest BCUT2D eigenvalue weighted by Gasteiger charge is -2.20. The third-order valence-electron chi connectivity index (χ3n) is 6.90. The van der Waals surface area contributed by atoms with Gasteiger partial charge in [0.15, 0.2) is 6.10 Å². The van der Waals surface area contributed by atoms with Crippen LogP contribution >= 0.6 is 11.6 Å². The number of hydrogen-bond acceptors (Lipinski definition) is 5. The zero-order chi connectivity index (χ0) is 29.5. The summed E-state index contributed by atoms with van der Waals surface area (Å²) in [6.07, 6.45) is 11.7. The molecule has 41 heavy (non-hydrogen) atoms. The van der Waals surface area contributed by atoms with Gasteiger partial charge in [0.1, 0.15) is 11.5 Å². The molecule has 1 atom stereocenters. The van der Waals surface area contributed by atoms with Crippen molar-refractivity contribution >= 4 is 40.5 Å². The minimum atomic E-state index is -0.761. The van der Waals surface area contributed by atoms with Gasteiger partial charge < -0.3 is 26.2 Å². The van der Waals surface area contributed by atoms with Gasteiger partial charge in [-0.25, -0.2) is 0 Å². The second-order valence-corrected chi connectivity index (χ2v) is 10.7. The summed E-state index contributed by atoms with van der Waals surface area (Å²) in [5.41, 5.74) is 7.21. The summed E-state index contributed by atoms with van der Waals surface area (Å²) >= 11 is 6.44. The molecule has 1 unspecified atom stereocenters. The van der Waals surface area contributed by atoms with E-state index in [2.05, 4.69) is 17.6 Å². The van der Waals surface area contributed by atoms with Crippen LogP contribution in [0.25, 0.3) is 0 Å². The lowest BCUT2D eigenvalue weighted by atomic mass is 10.0. The van der Waals surface area contributed by atoms with E-state index in [4.69, 9.17) is 22.1 Å². The summed E-state index contributed by atoms with van der Waals surface area (Å²) in [5, 5.41) is 16.2. The highest BCUT2D eigenvalue weighted by Gasteiger charge is 2.22. The number of carbonyl (C=O) groups excluding carboxylic acids is 2. The summed E-state index contributed by atoms with van der Waals surface area (Å²) in [6, 6.07) is 18.3. The van der Waals surface area contributed by atoms with E-state index >= 15 is 0 Å². The van der Waals surface area contributed by atoms with E-state index < -0.39 is 6.10 Å². The van der Waals surface area contributed by atoms with Crippen molar-refractivity contribution in [3.8, 4) is 11.5 Å². The Bertz CT molecular complexity index is 1240. The Morgan fingerprint density at radius 2 is 1.44 bits per heavy atom. The predicted molar refractivity (Wildman–Crippen MR) is 168 cm³/mol. The number of nitrogens with one attached hydrogen (secondary N) is 2. The number of benzene rings is 3. The van der Waals surface area contributed by atoms with Crippen LogP contribution in [0.2, 0.25) is 5.02 Å². The highest BCUT2D eigenvalue weighted by atomic mass is 35.5. The molecule has 0 radical (unpaired) electrons. The molecule has 0 spiro atoms. The summed E-state index contributed by atoms with van der Waals surface area (Å²) in [5.74, 6) is -0.443. The largest absolute Gasteiger partial charge is 0.506 e. The first-order chi connectivity index (χ1) is 19.9. The SMILES string of the molecule is CCCCCCCCCCCCC(Oc1ccc(N)cc1)C(=O)Nc1cc(O)c(NC(=O)c2ccccc2)cc1Cl. The average molecular weight is 580 g/mol. The second kappa shape index (κ2) is 17.2. The Balaban J connectivity index is 1.59. The monoisotopic (exact) mass is 579 g/mol. The van der Waals surface area contributed by atoms with Crippen molar-refractivity contribution in [3.05, 3.63) is 77.3 Å². The van der Waals surface area contributed by atoms with E-state index in [-0.39, 0.29) is 34.0 Å². The molecule has 0 bridgehead atoms. The number of unbranched alkanes of at least 4 members (excludes halogenated alkanes) is 9. The molecule has 0 saturated carbocycles. The highest BCUT2D eigenvalue weighted by Crippen LogP contribution is 2.34. The van der Waals surface area contributed by atoms with Crippen LogP contribution in [0.1, 0.15) is 87.9 Å². The van der Waals surface area contributed by atoms with Crippen molar-refractivity contribution in [1.82, 2.24) is 0 Å². The molecular weight excluding hydrogens is 538 g/mol. The molecule has 5 N–H and O–H groups in total. The third-order valence-corrected chi connectivity index (χ3v) is 7.21. The summed E-state index contributed by atoms with van der Waals surface area (Å²) in [4.78, 5) is 25.8. The maximum atomic E-state index is 13.3. The van der Waals surface area contributed by atoms with Gasteiger partial charge in [0.25, 0.3) is 11.8 Å². The molecule has 3 aromatic carbocycles. The van der Waals surface area contributed by atoms with Gasteiger partial charge >= 0.3 is 0 Å². The van der Waals surface area contributed by atoms with Crippen molar-refractivity contribution in [1.29, 1.82) is 0 Å². The average Bonchev–Trinajstić information content (AvgIpc) is 2.97. The molecular formula is C33H42ClN3O4. The normalized spacial score (nSPS) is 11.6. The first-order valence-electron chi connectivity index (χ1n) is 14.6. The van der Waals surface area contributed by atoms with Crippen LogP contribution in [0.4, 0.5) is 17.1 Å². The highest BCUT2D eigenvalue weighted by molar-refractivity contribution is 6.34. The molecule has 0 aromatic heterocycles. The number of nitrogen functional groups attached to an aromatic ring is 1. The minimum absolute atomic E-state index is 0.141. The molecule has 8 heteroatoms. The number of phenols is 1. The number of aromatic hydroxyl groups is 1. The quantitative estimate of drug-likeness (QED) is 0.0726. The Morgan fingerprint density at radius 1 is 0.829 bits per heavy atom. The van der Waals surface area contributed by atoms with Gasteiger partial charge in [-0.15, -0.1) is 0 Å². The maximum Gasteiger partial charge on any atom is 0.265 e. The Labute approximate surface area is 248 Å². The summed E-state index contributed by atoms with van der Waals surface area (Å²) < 4.78 is 6.05. The molecule has 0 heterocycles. The standard InChI is InChI=1S/C33H42ClN3O4/c1-2-3-4-5-6-7-8-9-10-14-17-31(41-26-20-18-25(35)19-21-26)33(40)36-28-23-30(38)29(22-27(28)34)37-32(39)24-15-12-11-13-16-24/h11-13,15-16,18-23,31,38H,2-10,14,17,35H2,1H3,(H,36,40)(H,37,39). The lowest BCUT2D eigenvalue weighted by molar-refractivity contribution is -0.123. The molecule has 7 nitrogen and oxygen atoms in total. The van der Waals surface area contributed by atoms with E-state index in [1.165, 1.54) is 57.1 Å². The molecule has 3 aromatic rings. The fourth-order valence-electron chi connectivity index (χ4n) is 4.53. The number of halogens is 1. The number of ether oxygens (including phenoxy) is 1. The molecule has 2 amide bonds. The Kier molecular flexibility index (Phi) is 13.3. The molecule has 0 aliphatic rings. The van der Waals surface area contributed by atoms with Gasteiger partial charge in [0.05, 0.1) is 16.4 Å². The summed E-state index contributed by atoms with van der Waals surface area (Å²) in [7, 11) is 0. The predicted octanol–water partition coefficient (Wildman–Crippen LogP) is 8.58. The van der Waals surface area contributed by atoms with Crippen molar-refractivity contribution in [2.24, 2.45) is 0 Å². The number of phenolic OH excluding ortho intramolecular Hbond substituents is 1. The van der Waals surface area contributed by atoms with Crippen molar-refractivity contribution in [2.75, 3.05) is 16.4 Å². The van der Waals surface area contributed by atoms with Gasteiger partial charge in [-0.2, -0.15) is 0 Å². The first-order valence-corrected chi connectivity index (χ1v) is 15.0. The molecule has 0 aliphatic carbocycles. The minimum Gasteiger partial charge on any atom is -0.506 e. The van der Waals surface area contributed by atoms with Gasteiger partial charge in [-0.3, -0.25) is 9.59 Å². The van der Waals surface area contributed by atoms with E-state index in [9.17, 15) is 14.7 Å². The zero-order valence-electron chi connectivity index (χ0n) is 23.8. The van der Waals surface area contributed by atoms with Crippen LogP contribution in [0, 0.1) is 0 Å². The Morgan fingerprint density at radius 3 is 2.07 bits per heavy atom. The number of carbonyl (C=O) groups is 2. The van der Waals surface area contributed by atoms with Gasteiger partial charge in [0, 0.05) is 17.3 Å². The molecule has 0 fully saturated rings. The van der Waals surface area contributed by atoms with Crippen LogP contribution in [0.5, 0.6) is 11.5 Å². The van der Waals surface area contributed by atoms with Crippen LogP contribution in [-0.2, 0) is 4.79 Å². The maximum absolute atomic E-state index is 13.3. The number of anilines is 3. The lowest BCUT2D eigenvalue weighted by Crippen LogP contribution is -2.33. The second-order valence-electron chi connectivity index (χ2n) is 10.3. The number of rotatable bonds is 17. The fourth-order valence-corrected chi connectivity index (χ4v) is 4.74. The third kappa shape index (κ3) is 11.0. The van der Waals surface area contributed by atoms with Crippen molar-refractivity contribution in [2.45, 2.75) is 83.7 Å². The van der Waals surface area contributed by atoms with Crippen molar-refractivity contribution < 1.29 is 19.4 Å².